The number of hydrogen-bond acceptors (Lipinski definition) is 2. The van der Waals surface area contributed by atoms with Crippen LogP contribution in [0.1, 0.15) is 31.4 Å². The van der Waals surface area contributed by atoms with E-state index in [0.717, 1.165) is 28.2 Å². The normalized spacial score (nSPS) is 16.1. The maximum absolute atomic E-state index is 9.62. The number of hydrogen-bond donors (Lipinski definition) is 1. The van der Waals surface area contributed by atoms with Crippen molar-refractivity contribution in [2.24, 2.45) is 5.92 Å². The highest BCUT2D eigenvalue weighted by atomic mass is 79.9. The fraction of sp³-hybridized carbons (Fsp3) is 0.467. The zero-order chi connectivity index (χ0) is 13.1. The van der Waals surface area contributed by atoms with Gasteiger partial charge in [-0.25, -0.2) is 0 Å². The summed E-state index contributed by atoms with van der Waals surface area (Å²) in [5, 5.41) is 9.62. The smallest absolute Gasteiger partial charge is 0.0791 e. The van der Waals surface area contributed by atoms with Gasteiger partial charge in [-0.1, -0.05) is 27.9 Å². The van der Waals surface area contributed by atoms with Gasteiger partial charge in [0.25, 0.3) is 0 Å². The summed E-state index contributed by atoms with van der Waals surface area (Å²) in [4.78, 5) is 2.23. The molecule has 0 unspecified atom stereocenters. The molecule has 0 heterocycles. The predicted molar refractivity (Wildman–Crippen MR) is 78.5 cm³/mol. The molecule has 1 aliphatic rings. The van der Waals surface area contributed by atoms with E-state index in [1.54, 1.807) is 6.92 Å². The summed E-state index contributed by atoms with van der Waals surface area (Å²) < 4.78 is 0.938. The van der Waals surface area contributed by atoms with Gasteiger partial charge < -0.3 is 10.0 Å². The van der Waals surface area contributed by atoms with Crippen molar-refractivity contribution < 1.29 is 5.11 Å². The van der Waals surface area contributed by atoms with E-state index in [9.17, 15) is 5.11 Å². The van der Waals surface area contributed by atoms with Crippen molar-refractivity contribution >= 4 is 21.6 Å². The molecule has 1 saturated carbocycles. The van der Waals surface area contributed by atoms with Crippen LogP contribution in [-0.4, -0.2) is 18.2 Å². The number of benzene rings is 1. The number of anilines is 1. The summed E-state index contributed by atoms with van der Waals surface area (Å²) in [6, 6.07) is 6.04. The molecule has 0 aromatic heterocycles. The Labute approximate surface area is 117 Å². The maximum Gasteiger partial charge on any atom is 0.0791 e. The molecular weight excluding hydrogens is 290 g/mol. The molecule has 1 fully saturated rings. The molecule has 1 N–H and O–H groups in total. The van der Waals surface area contributed by atoms with Crippen molar-refractivity contribution in [3.8, 4) is 12.3 Å². The van der Waals surface area contributed by atoms with Crippen molar-refractivity contribution in [3.05, 3.63) is 28.2 Å². The van der Waals surface area contributed by atoms with Crippen LogP contribution in [0.15, 0.2) is 22.7 Å². The standard InChI is InChI=1S/C15H18BrNO/c1-3-8-17(10-12-4-5-12)13-6-7-14(11(2)18)15(16)9-13/h1,6-7,9,11-12,18H,4-5,8,10H2,2H3/t11-/m1/s1. The Morgan fingerprint density at radius 1 is 1.56 bits per heavy atom. The topological polar surface area (TPSA) is 23.5 Å². The third-order valence-electron chi connectivity index (χ3n) is 3.26. The minimum atomic E-state index is -0.460. The number of terminal acetylenes is 1. The molecule has 0 aliphatic heterocycles. The summed E-state index contributed by atoms with van der Waals surface area (Å²) in [6.45, 7) is 3.44. The van der Waals surface area contributed by atoms with E-state index in [1.165, 1.54) is 12.8 Å². The molecule has 1 aromatic carbocycles. The number of nitrogens with zero attached hydrogens (tertiary/aromatic N) is 1. The van der Waals surface area contributed by atoms with E-state index in [-0.39, 0.29) is 0 Å². The lowest BCUT2D eigenvalue weighted by Gasteiger charge is -2.23. The van der Waals surface area contributed by atoms with Gasteiger partial charge in [0.1, 0.15) is 0 Å². The predicted octanol–water partition coefficient (Wildman–Crippen LogP) is 3.35. The van der Waals surface area contributed by atoms with E-state index >= 15 is 0 Å². The molecule has 0 bridgehead atoms. The highest BCUT2D eigenvalue weighted by Crippen LogP contribution is 2.33. The van der Waals surface area contributed by atoms with Crippen molar-refractivity contribution in [2.45, 2.75) is 25.9 Å². The Bertz CT molecular complexity index is 460. The maximum atomic E-state index is 9.62. The van der Waals surface area contributed by atoms with Gasteiger partial charge in [-0.15, -0.1) is 6.42 Å². The molecule has 96 valence electrons. The fourth-order valence-electron chi connectivity index (χ4n) is 2.04. The van der Waals surface area contributed by atoms with Gasteiger partial charge in [0.05, 0.1) is 12.6 Å². The van der Waals surface area contributed by atoms with Crippen LogP contribution in [0.5, 0.6) is 0 Å². The van der Waals surface area contributed by atoms with Crippen LogP contribution in [0, 0.1) is 18.3 Å². The van der Waals surface area contributed by atoms with Gasteiger partial charge >= 0.3 is 0 Å². The van der Waals surface area contributed by atoms with Crippen molar-refractivity contribution in [3.63, 3.8) is 0 Å². The number of aliphatic hydroxyl groups excluding tert-OH is 1. The minimum absolute atomic E-state index is 0.460. The van der Waals surface area contributed by atoms with Crippen molar-refractivity contribution in [2.75, 3.05) is 18.0 Å². The Kier molecular flexibility index (Phi) is 4.31. The second-order valence-electron chi connectivity index (χ2n) is 4.91. The number of aliphatic hydroxyl groups is 1. The molecule has 1 aromatic rings. The molecule has 1 atom stereocenters. The first-order chi connectivity index (χ1) is 8.61. The van der Waals surface area contributed by atoms with Crippen molar-refractivity contribution in [1.29, 1.82) is 0 Å². The second kappa shape index (κ2) is 5.77. The first-order valence-corrected chi connectivity index (χ1v) is 7.07. The first-order valence-electron chi connectivity index (χ1n) is 6.27. The molecule has 0 amide bonds. The van der Waals surface area contributed by atoms with Crippen LogP contribution in [0.2, 0.25) is 0 Å². The van der Waals surface area contributed by atoms with Gasteiger partial charge in [0.2, 0.25) is 0 Å². The van der Waals surface area contributed by atoms with Crippen LogP contribution < -0.4 is 4.90 Å². The summed E-state index contributed by atoms with van der Waals surface area (Å²) in [5.41, 5.74) is 2.03. The molecule has 2 nitrogen and oxygen atoms in total. The van der Waals surface area contributed by atoms with E-state index in [1.807, 2.05) is 18.2 Å². The largest absolute Gasteiger partial charge is 0.389 e. The summed E-state index contributed by atoms with van der Waals surface area (Å²) in [5.74, 6) is 3.52. The minimum Gasteiger partial charge on any atom is -0.389 e. The monoisotopic (exact) mass is 307 g/mol. The zero-order valence-corrected chi connectivity index (χ0v) is 12.2. The Morgan fingerprint density at radius 2 is 2.28 bits per heavy atom. The first kappa shape index (κ1) is 13.5. The summed E-state index contributed by atoms with van der Waals surface area (Å²) >= 11 is 3.51. The lowest BCUT2D eigenvalue weighted by molar-refractivity contribution is 0.198. The van der Waals surface area contributed by atoms with Crippen LogP contribution >= 0.6 is 15.9 Å². The average Bonchev–Trinajstić information content (AvgIpc) is 3.11. The molecule has 0 spiro atoms. The lowest BCUT2D eigenvalue weighted by atomic mass is 10.1. The molecule has 2 rings (SSSR count). The quantitative estimate of drug-likeness (QED) is 0.843. The highest BCUT2D eigenvalue weighted by molar-refractivity contribution is 9.10. The highest BCUT2D eigenvalue weighted by Gasteiger charge is 2.24. The third kappa shape index (κ3) is 3.28. The van der Waals surface area contributed by atoms with E-state index in [2.05, 4.69) is 26.8 Å². The van der Waals surface area contributed by atoms with Crippen LogP contribution in [0.25, 0.3) is 0 Å². The van der Waals surface area contributed by atoms with E-state index in [4.69, 9.17) is 6.42 Å². The van der Waals surface area contributed by atoms with Gasteiger partial charge in [0.15, 0.2) is 0 Å². The van der Waals surface area contributed by atoms with E-state index in [0.29, 0.717) is 6.54 Å². The summed E-state index contributed by atoms with van der Waals surface area (Å²) in [6.07, 6.45) is 7.60. The van der Waals surface area contributed by atoms with Gasteiger partial charge in [-0.3, -0.25) is 0 Å². The molecule has 3 heteroatoms. The lowest BCUT2D eigenvalue weighted by Crippen LogP contribution is -2.26. The Hall–Kier alpha value is -0.980. The second-order valence-corrected chi connectivity index (χ2v) is 5.76. The number of rotatable bonds is 5. The zero-order valence-electron chi connectivity index (χ0n) is 10.6. The fourth-order valence-corrected chi connectivity index (χ4v) is 2.73. The summed E-state index contributed by atoms with van der Waals surface area (Å²) in [7, 11) is 0. The van der Waals surface area contributed by atoms with Gasteiger partial charge in [-0.05, 0) is 43.4 Å². The van der Waals surface area contributed by atoms with Crippen molar-refractivity contribution in [1.82, 2.24) is 0 Å². The SMILES string of the molecule is C#CCN(CC1CC1)c1ccc([C@@H](C)O)c(Br)c1. The van der Waals surface area contributed by atoms with Gasteiger partial charge in [0, 0.05) is 16.7 Å². The average molecular weight is 308 g/mol. The van der Waals surface area contributed by atoms with Crippen LogP contribution in [-0.2, 0) is 0 Å². The third-order valence-corrected chi connectivity index (χ3v) is 3.94. The molecule has 0 saturated heterocycles. The molecule has 1 aliphatic carbocycles. The molecule has 0 radical (unpaired) electrons. The Balaban J connectivity index is 2.19. The Morgan fingerprint density at radius 3 is 2.78 bits per heavy atom. The van der Waals surface area contributed by atoms with Gasteiger partial charge in [-0.2, -0.15) is 0 Å². The van der Waals surface area contributed by atoms with Crippen LogP contribution in [0.3, 0.4) is 0 Å². The molecule has 18 heavy (non-hydrogen) atoms. The molecular formula is C15H18BrNO. The number of halogens is 1. The van der Waals surface area contributed by atoms with Crippen LogP contribution in [0.4, 0.5) is 5.69 Å². The van der Waals surface area contributed by atoms with E-state index < -0.39 is 6.10 Å².